The van der Waals surface area contributed by atoms with Gasteiger partial charge in [-0.1, -0.05) is 18.2 Å². The number of rotatable bonds is 4. The first-order chi connectivity index (χ1) is 10.6. The lowest BCUT2D eigenvalue weighted by Gasteiger charge is -2.04. The van der Waals surface area contributed by atoms with Crippen molar-refractivity contribution in [3.05, 3.63) is 65.5 Å². The molecule has 0 aliphatic rings. The molecule has 0 bridgehead atoms. The number of imidazole rings is 1. The first kappa shape index (κ1) is 14.2. The molecule has 0 saturated heterocycles. The Bertz CT molecular complexity index is 796. The molecule has 0 fully saturated rings. The average molecular weight is 301 g/mol. The van der Waals surface area contributed by atoms with Gasteiger partial charge in [0.05, 0.1) is 24.0 Å². The molecule has 0 atom stereocenters. The summed E-state index contributed by atoms with van der Waals surface area (Å²) in [5, 5.41) is 2.69. The fourth-order valence-electron chi connectivity index (χ4n) is 2.17. The van der Waals surface area contributed by atoms with Crippen LogP contribution in [-0.2, 0) is 17.8 Å². The van der Waals surface area contributed by atoms with Gasteiger partial charge in [0.25, 0.3) is 0 Å². The maximum atomic E-state index is 13.1. The minimum Gasteiger partial charge on any atom is -0.349 e. The van der Waals surface area contributed by atoms with Crippen LogP contribution in [0.15, 0.2) is 42.5 Å². The summed E-state index contributed by atoms with van der Waals surface area (Å²) in [6, 6.07) is 11.0. The Kier molecular flexibility index (Phi) is 3.82. The van der Waals surface area contributed by atoms with Crippen molar-refractivity contribution in [1.29, 1.82) is 0 Å². The van der Waals surface area contributed by atoms with E-state index in [1.165, 1.54) is 6.07 Å². The monoisotopic (exact) mass is 301 g/mol. The van der Waals surface area contributed by atoms with Gasteiger partial charge in [0.2, 0.25) is 5.91 Å². The molecule has 22 heavy (non-hydrogen) atoms. The Hall–Kier alpha value is -2.76. The van der Waals surface area contributed by atoms with E-state index in [0.29, 0.717) is 11.4 Å². The van der Waals surface area contributed by atoms with Crippen molar-refractivity contribution < 1.29 is 13.6 Å². The maximum absolute atomic E-state index is 13.1. The van der Waals surface area contributed by atoms with Crippen molar-refractivity contribution in [2.24, 2.45) is 0 Å². The summed E-state index contributed by atoms with van der Waals surface area (Å²) in [7, 11) is 0. The number of hydrogen-bond donors (Lipinski definition) is 2. The predicted octanol–water partition coefficient (Wildman–Crippen LogP) is 2.70. The van der Waals surface area contributed by atoms with Crippen LogP contribution < -0.4 is 5.32 Å². The van der Waals surface area contributed by atoms with Crippen LogP contribution in [-0.4, -0.2) is 15.9 Å². The molecule has 0 aliphatic heterocycles. The number of halogens is 2. The van der Waals surface area contributed by atoms with E-state index in [4.69, 9.17) is 0 Å². The molecule has 4 nitrogen and oxygen atoms in total. The van der Waals surface area contributed by atoms with Gasteiger partial charge in [-0.3, -0.25) is 4.79 Å². The van der Waals surface area contributed by atoms with Crippen molar-refractivity contribution in [3.8, 4) is 0 Å². The van der Waals surface area contributed by atoms with Gasteiger partial charge in [0.15, 0.2) is 11.6 Å². The number of aromatic nitrogens is 2. The van der Waals surface area contributed by atoms with Crippen molar-refractivity contribution >= 4 is 16.9 Å². The minimum absolute atomic E-state index is 0.0164. The largest absolute Gasteiger partial charge is 0.349 e. The molecule has 3 rings (SSSR count). The molecular weight excluding hydrogens is 288 g/mol. The van der Waals surface area contributed by atoms with Crippen LogP contribution in [0.25, 0.3) is 11.0 Å². The molecule has 0 saturated carbocycles. The second kappa shape index (κ2) is 5.93. The van der Waals surface area contributed by atoms with Gasteiger partial charge in [-0.2, -0.15) is 0 Å². The lowest BCUT2D eigenvalue weighted by molar-refractivity contribution is -0.120. The smallest absolute Gasteiger partial charge is 0.224 e. The molecule has 0 spiro atoms. The average Bonchev–Trinajstić information content (AvgIpc) is 2.92. The Balaban J connectivity index is 1.60. The Labute approximate surface area is 125 Å². The lowest BCUT2D eigenvalue weighted by atomic mass is 10.1. The summed E-state index contributed by atoms with van der Waals surface area (Å²) in [6.07, 6.45) is -0.0164. The molecule has 1 aromatic heterocycles. The fourth-order valence-corrected chi connectivity index (χ4v) is 2.17. The third-order valence-corrected chi connectivity index (χ3v) is 3.24. The highest BCUT2D eigenvalue weighted by molar-refractivity contribution is 5.79. The number of H-pyrrole nitrogens is 1. The summed E-state index contributed by atoms with van der Waals surface area (Å²) in [4.78, 5) is 19.3. The molecule has 0 aliphatic carbocycles. The molecule has 0 unspecified atom stereocenters. The van der Waals surface area contributed by atoms with Crippen LogP contribution in [0.1, 0.15) is 11.4 Å². The molecule has 1 heterocycles. The molecule has 1 amide bonds. The first-order valence-corrected chi connectivity index (χ1v) is 6.76. The number of para-hydroxylation sites is 2. The van der Waals surface area contributed by atoms with E-state index in [-0.39, 0.29) is 18.9 Å². The summed E-state index contributed by atoms with van der Waals surface area (Å²) in [5.41, 5.74) is 2.14. The van der Waals surface area contributed by atoms with Crippen LogP contribution in [0, 0.1) is 11.6 Å². The number of fused-ring (bicyclic) bond motifs is 1. The maximum Gasteiger partial charge on any atom is 0.224 e. The molecule has 2 aromatic carbocycles. The van der Waals surface area contributed by atoms with Gasteiger partial charge < -0.3 is 10.3 Å². The van der Waals surface area contributed by atoms with Gasteiger partial charge in [0.1, 0.15) is 5.82 Å². The van der Waals surface area contributed by atoms with Gasteiger partial charge in [-0.25, -0.2) is 13.8 Å². The SMILES string of the molecule is O=C(Cc1ccc(F)c(F)c1)NCc1nc2ccccc2[nH]1. The van der Waals surface area contributed by atoms with Crippen LogP contribution in [0.5, 0.6) is 0 Å². The molecule has 2 N–H and O–H groups in total. The van der Waals surface area contributed by atoms with Gasteiger partial charge >= 0.3 is 0 Å². The lowest BCUT2D eigenvalue weighted by Crippen LogP contribution is -2.25. The number of aromatic amines is 1. The third-order valence-electron chi connectivity index (χ3n) is 3.24. The van der Waals surface area contributed by atoms with Crippen molar-refractivity contribution in [3.63, 3.8) is 0 Å². The predicted molar refractivity (Wildman–Crippen MR) is 78.0 cm³/mol. The van der Waals surface area contributed by atoms with Crippen LogP contribution in [0.3, 0.4) is 0 Å². The van der Waals surface area contributed by atoms with E-state index < -0.39 is 11.6 Å². The van der Waals surface area contributed by atoms with Gasteiger partial charge in [0, 0.05) is 0 Å². The molecular formula is C16H13F2N3O. The van der Waals surface area contributed by atoms with Gasteiger partial charge in [-0.15, -0.1) is 0 Å². The number of benzene rings is 2. The zero-order chi connectivity index (χ0) is 15.5. The zero-order valence-corrected chi connectivity index (χ0v) is 11.6. The number of hydrogen-bond acceptors (Lipinski definition) is 2. The molecule has 112 valence electrons. The second-order valence-electron chi connectivity index (χ2n) is 4.90. The van der Waals surface area contributed by atoms with Crippen LogP contribution >= 0.6 is 0 Å². The van der Waals surface area contributed by atoms with Crippen LogP contribution in [0.2, 0.25) is 0 Å². The summed E-state index contributed by atoms with van der Waals surface area (Å²) in [6.45, 7) is 0.247. The summed E-state index contributed by atoms with van der Waals surface area (Å²) < 4.78 is 25.9. The fraction of sp³-hybridized carbons (Fsp3) is 0.125. The van der Waals surface area contributed by atoms with E-state index >= 15 is 0 Å². The van der Waals surface area contributed by atoms with E-state index in [1.54, 1.807) is 0 Å². The zero-order valence-electron chi connectivity index (χ0n) is 11.6. The number of nitrogens with zero attached hydrogens (tertiary/aromatic N) is 1. The number of amides is 1. The van der Waals surface area contributed by atoms with E-state index in [9.17, 15) is 13.6 Å². The third kappa shape index (κ3) is 3.11. The quantitative estimate of drug-likeness (QED) is 0.778. The summed E-state index contributed by atoms with van der Waals surface area (Å²) in [5.74, 6) is -1.53. The van der Waals surface area contributed by atoms with Crippen molar-refractivity contribution in [2.75, 3.05) is 0 Å². The molecule has 6 heteroatoms. The van der Waals surface area contributed by atoms with Crippen molar-refractivity contribution in [1.82, 2.24) is 15.3 Å². The van der Waals surface area contributed by atoms with Gasteiger partial charge in [-0.05, 0) is 29.8 Å². The highest BCUT2D eigenvalue weighted by Gasteiger charge is 2.08. The number of carbonyl (C=O) groups is 1. The highest BCUT2D eigenvalue weighted by Crippen LogP contribution is 2.11. The highest BCUT2D eigenvalue weighted by atomic mass is 19.2. The van der Waals surface area contributed by atoms with E-state index in [2.05, 4.69) is 15.3 Å². The standard InChI is InChI=1S/C16H13F2N3O/c17-11-6-5-10(7-12(11)18)8-16(22)19-9-15-20-13-3-1-2-4-14(13)21-15/h1-7H,8-9H2,(H,19,22)(H,20,21). The summed E-state index contributed by atoms with van der Waals surface area (Å²) >= 11 is 0. The Morgan fingerprint density at radius 1 is 1.14 bits per heavy atom. The first-order valence-electron chi connectivity index (χ1n) is 6.76. The van der Waals surface area contributed by atoms with Crippen LogP contribution in [0.4, 0.5) is 8.78 Å². The second-order valence-corrected chi connectivity index (χ2v) is 4.90. The van der Waals surface area contributed by atoms with Crippen molar-refractivity contribution in [2.45, 2.75) is 13.0 Å². The minimum atomic E-state index is -0.956. The Morgan fingerprint density at radius 3 is 2.73 bits per heavy atom. The number of carbonyl (C=O) groups excluding carboxylic acids is 1. The molecule has 0 radical (unpaired) electrons. The van der Waals surface area contributed by atoms with E-state index in [0.717, 1.165) is 23.2 Å². The topological polar surface area (TPSA) is 57.8 Å². The number of nitrogens with one attached hydrogen (secondary N) is 2. The van der Waals surface area contributed by atoms with E-state index in [1.807, 2.05) is 24.3 Å². The Morgan fingerprint density at radius 2 is 1.95 bits per heavy atom. The molecule has 3 aromatic rings. The normalized spacial score (nSPS) is 10.8.